The Labute approximate surface area is 140 Å². The molecule has 0 aromatic heterocycles. The molecule has 0 saturated carbocycles. The molecule has 0 atom stereocenters. The lowest BCUT2D eigenvalue weighted by Gasteiger charge is -2.06. The predicted molar refractivity (Wildman–Crippen MR) is 89.2 cm³/mol. The minimum absolute atomic E-state index is 0.169. The maximum absolute atomic E-state index is 10.7. The van der Waals surface area contributed by atoms with E-state index >= 15 is 0 Å². The lowest BCUT2D eigenvalue weighted by molar-refractivity contribution is -0.300. The molecule has 0 fully saturated rings. The minimum Gasteiger partial charge on any atom is -0.545 e. The zero-order valence-corrected chi connectivity index (χ0v) is 13.4. The number of rotatable bonds is 5. The first-order valence-electron chi connectivity index (χ1n) is 7.36. The normalized spacial score (nSPS) is 12.1. The number of carbonyl (C=O) groups excluding carboxylic acids is 2. The molecule has 0 unspecified atom stereocenters. The van der Waals surface area contributed by atoms with Gasteiger partial charge in [-0.15, -0.1) is 0 Å². The van der Waals surface area contributed by atoms with Crippen LogP contribution in [0.3, 0.4) is 0 Å². The van der Waals surface area contributed by atoms with E-state index in [0.717, 1.165) is 22.3 Å². The molecule has 4 heteroatoms. The van der Waals surface area contributed by atoms with Crippen molar-refractivity contribution >= 4 is 24.1 Å². The lowest BCUT2D eigenvalue weighted by atomic mass is 10.0. The number of carboxylic acid groups (broad SMARTS) is 2. The second-order valence-corrected chi connectivity index (χ2v) is 5.47. The van der Waals surface area contributed by atoms with Gasteiger partial charge in [0.25, 0.3) is 0 Å². The van der Waals surface area contributed by atoms with Crippen LogP contribution in [-0.4, -0.2) is 11.9 Å². The number of hydrogen-bond acceptors (Lipinski definition) is 4. The predicted octanol–water partition coefficient (Wildman–Crippen LogP) is 1.66. The number of carbonyl (C=O) groups is 2. The summed E-state index contributed by atoms with van der Waals surface area (Å²) in [5.74, 6) is -2.37. The first-order chi connectivity index (χ1) is 11.4. The summed E-state index contributed by atoms with van der Waals surface area (Å²) in [6.07, 6.45) is 3.10. The van der Waals surface area contributed by atoms with E-state index in [2.05, 4.69) is 0 Å². The van der Waals surface area contributed by atoms with Crippen LogP contribution in [0.1, 0.15) is 25.0 Å². The van der Waals surface area contributed by atoms with Crippen LogP contribution in [0.5, 0.6) is 0 Å². The molecule has 0 amide bonds. The lowest BCUT2D eigenvalue weighted by Crippen LogP contribution is -2.22. The zero-order valence-electron chi connectivity index (χ0n) is 13.4. The molecule has 0 N–H and O–H groups in total. The van der Waals surface area contributed by atoms with E-state index in [-0.39, 0.29) is 11.1 Å². The van der Waals surface area contributed by atoms with E-state index in [1.165, 1.54) is 13.8 Å². The van der Waals surface area contributed by atoms with Gasteiger partial charge in [-0.3, -0.25) is 0 Å². The minimum atomic E-state index is -1.19. The Bertz CT molecular complexity index is 738. The summed E-state index contributed by atoms with van der Waals surface area (Å²) in [4.78, 5) is 21.4. The molecule has 0 aliphatic carbocycles. The Balaban J connectivity index is 2.21. The Morgan fingerprint density at radius 3 is 1.21 bits per heavy atom. The molecule has 122 valence electrons. The Morgan fingerprint density at radius 1 is 0.667 bits per heavy atom. The fraction of sp³-hybridized carbons (Fsp3) is 0.100. The number of carboxylic acids is 2. The molecule has 0 spiro atoms. The Kier molecular flexibility index (Phi) is 5.32. The molecule has 0 heterocycles. The number of hydrogen-bond donors (Lipinski definition) is 0. The van der Waals surface area contributed by atoms with Crippen LogP contribution in [-0.2, 0) is 9.59 Å². The third-order valence-corrected chi connectivity index (χ3v) is 3.56. The summed E-state index contributed by atoms with van der Waals surface area (Å²) < 4.78 is 0. The molecule has 24 heavy (non-hydrogen) atoms. The van der Waals surface area contributed by atoms with E-state index in [1.54, 1.807) is 12.2 Å². The maximum atomic E-state index is 10.7. The number of aliphatic carboxylic acids is 2. The highest BCUT2D eigenvalue weighted by Gasteiger charge is 1.99. The first kappa shape index (κ1) is 17.2. The fourth-order valence-corrected chi connectivity index (χ4v) is 2.16. The second-order valence-electron chi connectivity index (χ2n) is 5.47. The summed E-state index contributed by atoms with van der Waals surface area (Å²) in [5, 5.41) is 21.4. The van der Waals surface area contributed by atoms with Gasteiger partial charge in [-0.1, -0.05) is 60.7 Å². The maximum Gasteiger partial charge on any atom is 0.0672 e. The van der Waals surface area contributed by atoms with Crippen molar-refractivity contribution in [2.45, 2.75) is 13.8 Å². The van der Waals surface area contributed by atoms with Crippen molar-refractivity contribution in [3.8, 4) is 11.1 Å². The quantitative estimate of drug-likeness (QED) is 0.785. The van der Waals surface area contributed by atoms with Gasteiger partial charge in [0, 0.05) is 0 Å². The van der Waals surface area contributed by atoms with Crippen LogP contribution in [0.25, 0.3) is 23.3 Å². The molecule has 0 aliphatic rings. The molecule has 4 nitrogen and oxygen atoms in total. The van der Waals surface area contributed by atoms with Crippen molar-refractivity contribution in [3.05, 3.63) is 70.8 Å². The van der Waals surface area contributed by atoms with E-state index in [4.69, 9.17) is 0 Å². The van der Waals surface area contributed by atoms with E-state index in [1.807, 2.05) is 48.5 Å². The monoisotopic (exact) mass is 320 g/mol. The van der Waals surface area contributed by atoms with Gasteiger partial charge in [-0.2, -0.15) is 0 Å². The van der Waals surface area contributed by atoms with Crippen molar-refractivity contribution in [3.63, 3.8) is 0 Å². The average Bonchev–Trinajstić information content (AvgIpc) is 2.56. The van der Waals surface area contributed by atoms with Crippen LogP contribution >= 0.6 is 0 Å². The molecule has 2 rings (SSSR count). The summed E-state index contributed by atoms with van der Waals surface area (Å²) in [5.41, 5.74) is 3.86. The van der Waals surface area contributed by atoms with Crippen LogP contribution < -0.4 is 10.2 Å². The largest absolute Gasteiger partial charge is 0.545 e. The van der Waals surface area contributed by atoms with Crippen LogP contribution in [0.15, 0.2) is 59.7 Å². The molecular weight excluding hydrogens is 304 g/mol. The molecule has 0 radical (unpaired) electrons. The van der Waals surface area contributed by atoms with Crippen molar-refractivity contribution in [1.29, 1.82) is 0 Å². The second kappa shape index (κ2) is 7.42. The third kappa shape index (κ3) is 4.43. The summed E-state index contributed by atoms with van der Waals surface area (Å²) >= 11 is 0. The van der Waals surface area contributed by atoms with Crippen LogP contribution in [0.2, 0.25) is 0 Å². The third-order valence-electron chi connectivity index (χ3n) is 3.56. The van der Waals surface area contributed by atoms with Gasteiger partial charge < -0.3 is 19.8 Å². The molecule has 0 aliphatic heterocycles. The highest BCUT2D eigenvalue weighted by atomic mass is 16.4. The van der Waals surface area contributed by atoms with E-state index in [0.29, 0.717) is 0 Å². The average molecular weight is 320 g/mol. The highest BCUT2D eigenvalue weighted by molar-refractivity contribution is 5.90. The smallest absolute Gasteiger partial charge is 0.0672 e. The number of benzene rings is 2. The zero-order chi connectivity index (χ0) is 17.7. The molecule has 2 aromatic rings. The first-order valence-corrected chi connectivity index (χ1v) is 7.36. The SMILES string of the molecule is C/C(=C\c1ccc(-c2ccc(/C=C(\C)C(=O)[O-])cc2)cc1)C(=O)[O-]. The van der Waals surface area contributed by atoms with E-state index in [9.17, 15) is 19.8 Å². The molecular formula is C20H16O4-2. The Morgan fingerprint density at radius 2 is 0.958 bits per heavy atom. The van der Waals surface area contributed by atoms with Crippen molar-refractivity contribution in [2.75, 3.05) is 0 Å². The van der Waals surface area contributed by atoms with Crippen LogP contribution in [0, 0.1) is 0 Å². The molecule has 0 bridgehead atoms. The van der Waals surface area contributed by atoms with Gasteiger partial charge in [-0.05, 0) is 47.2 Å². The standard InChI is InChI=1S/C20H18O4/c1-13(19(21)22)11-15-3-7-17(8-4-15)18-9-5-16(6-10-18)12-14(2)20(23)24/h3-12H,1-2H3,(H,21,22)(H,23,24)/p-2/b13-11+,14-12+. The Hall–Kier alpha value is -3.14. The van der Waals surface area contributed by atoms with Gasteiger partial charge in [0.2, 0.25) is 0 Å². The van der Waals surface area contributed by atoms with Crippen molar-refractivity contribution in [2.24, 2.45) is 0 Å². The summed E-state index contributed by atoms with van der Waals surface area (Å²) in [6.45, 7) is 2.98. The topological polar surface area (TPSA) is 80.3 Å². The molecule has 2 aromatic carbocycles. The summed E-state index contributed by atoms with van der Waals surface area (Å²) in [7, 11) is 0. The fourth-order valence-electron chi connectivity index (χ4n) is 2.16. The van der Waals surface area contributed by atoms with Gasteiger partial charge in [0.15, 0.2) is 0 Å². The van der Waals surface area contributed by atoms with Gasteiger partial charge >= 0.3 is 0 Å². The van der Waals surface area contributed by atoms with Crippen molar-refractivity contribution < 1.29 is 19.8 Å². The van der Waals surface area contributed by atoms with Crippen LogP contribution in [0.4, 0.5) is 0 Å². The van der Waals surface area contributed by atoms with Gasteiger partial charge in [0.05, 0.1) is 11.9 Å². The summed E-state index contributed by atoms with van der Waals surface area (Å²) in [6, 6.07) is 14.9. The van der Waals surface area contributed by atoms with Gasteiger partial charge in [0.1, 0.15) is 0 Å². The van der Waals surface area contributed by atoms with Crippen molar-refractivity contribution in [1.82, 2.24) is 0 Å². The van der Waals surface area contributed by atoms with Gasteiger partial charge in [-0.25, -0.2) is 0 Å². The highest BCUT2D eigenvalue weighted by Crippen LogP contribution is 2.22. The molecule has 0 saturated heterocycles. The van der Waals surface area contributed by atoms with E-state index < -0.39 is 11.9 Å².